The van der Waals surface area contributed by atoms with Gasteiger partial charge in [-0.25, -0.2) is 4.79 Å². The Hall–Kier alpha value is -1.55. The molecule has 4 heteroatoms. The summed E-state index contributed by atoms with van der Waals surface area (Å²) in [7, 11) is 0. The van der Waals surface area contributed by atoms with Crippen molar-refractivity contribution in [2.75, 3.05) is 6.54 Å². The maximum Gasteiger partial charge on any atom is 0.315 e. The van der Waals surface area contributed by atoms with Gasteiger partial charge in [0.2, 0.25) is 0 Å². The molecule has 1 aromatic carbocycles. The zero-order valence-electron chi connectivity index (χ0n) is 9.57. The largest absolute Gasteiger partial charge is 0.337 e. The third-order valence-electron chi connectivity index (χ3n) is 2.35. The van der Waals surface area contributed by atoms with Crippen LogP contribution >= 0.6 is 0 Å². The molecule has 2 amide bonds. The van der Waals surface area contributed by atoms with Crippen LogP contribution in [0.25, 0.3) is 0 Å². The average molecular weight is 221 g/mol. The Balaban J connectivity index is 2.20. The van der Waals surface area contributed by atoms with Crippen LogP contribution in [0.15, 0.2) is 30.3 Å². The lowest BCUT2D eigenvalue weighted by Gasteiger charge is -2.11. The van der Waals surface area contributed by atoms with Gasteiger partial charge in [-0.3, -0.25) is 0 Å². The Labute approximate surface area is 96.2 Å². The van der Waals surface area contributed by atoms with Crippen LogP contribution in [-0.4, -0.2) is 18.6 Å². The second-order valence-electron chi connectivity index (χ2n) is 3.72. The molecule has 4 N–H and O–H groups in total. The molecule has 0 aliphatic carbocycles. The quantitative estimate of drug-likeness (QED) is 0.700. The normalized spacial score (nSPS) is 11.9. The van der Waals surface area contributed by atoms with Crippen LogP contribution in [0.4, 0.5) is 4.79 Å². The highest BCUT2D eigenvalue weighted by Crippen LogP contribution is 1.96. The lowest BCUT2D eigenvalue weighted by molar-refractivity contribution is 0.239. The Morgan fingerprint density at radius 3 is 2.62 bits per heavy atom. The maximum atomic E-state index is 11.4. The van der Waals surface area contributed by atoms with Gasteiger partial charge in [0.05, 0.1) is 0 Å². The number of benzene rings is 1. The summed E-state index contributed by atoms with van der Waals surface area (Å²) in [6.07, 6.45) is 0.860. The summed E-state index contributed by atoms with van der Waals surface area (Å²) in [6, 6.07) is 9.64. The van der Waals surface area contributed by atoms with E-state index in [9.17, 15) is 4.79 Å². The lowest BCUT2D eigenvalue weighted by Crippen LogP contribution is -2.41. The van der Waals surface area contributed by atoms with Gasteiger partial charge in [0, 0.05) is 19.1 Å². The molecule has 1 unspecified atom stereocenters. The van der Waals surface area contributed by atoms with Crippen LogP contribution in [0.5, 0.6) is 0 Å². The lowest BCUT2D eigenvalue weighted by atomic mass is 10.2. The van der Waals surface area contributed by atoms with Gasteiger partial charge in [-0.2, -0.15) is 0 Å². The fourth-order valence-electron chi connectivity index (χ4n) is 1.21. The number of hydrogen-bond donors (Lipinski definition) is 3. The van der Waals surface area contributed by atoms with E-state index in [1.807, 2.05) is 37.3 Å². The van der Waals surface area contributed by atoms with Gasteiger partial charge in [-0.05, 0) is 12.0 Å². The van der Waals surface area contributed by atoms with E-state index in [4.69, 9.17) is 5.73 Å². The number of urea groups is 1. The van der Waals surface area contributed by atoms with E-state index in [0.717, 1.165) is 12.0 Å². The summed E-state index contributed by atoms with van der Waals surface area (Å²) >= 11 is 0. The molecule has 0 spiro atoms. The second-order valence-corrected chi connectivity index (χ2v) is 3.72. The minimum atomic E-state index is -0.173. The molecule has 0 aliphatic rings. The van der Waals surface area contributed by atoms with Gasteiger partial charge < -0.3 is 16.4 Å². The van der Waals surface area contributed by atoms with Crippen molar-refractivity contribution in [1.82, 2.24) is 10.6 Å². The van der Waals surface area contributed by atoms with Crippen molar-refractivity contribution < 1.29 is 4.79 Å². The first-order valence-electron chi connectivity index (χ1n) is 5.53. The monoisotopic (exact) mass is 221 g/mol. The topological polar surface area (TPSA) is 67.1 Å². The van der Waals surface area contributed by atoms with Crippen LogP contribution in [0, 0.1) is 0 Å². The van der Waals surface area contributed by atoms with Crippen molar-refractivity contribution in [1.29, 1.82) is 0 Å². The predicted molar refractivity (Wildman–Crippen MR) is 64.9 cm³/mol. The minimum Gasteiger partial charge on any atom is -0.337 e. The van der Waals surface area contributed by atoms with Crippen LogP contribution < -0.4 is 16.4 Å². The second kappa shape index (κ2) is 6.85. The molecule has 0 heterocycles. The number of nitrogens with one attached hydrogen (secondary N) is 2. The molecule has 0 aliphatic heterocycles. The first-order valence-corrected chi connectivity index (χ1v) is 5.53. The van der Waals surface area contributed by atoms with Gasteiger partial charge in [0.1, 0.15) is 0 Å². The maximum absolute atomic E-state index is 11.4. The van der Waals surface area contributed by atoms with Crippen molar-refractivity contribution in [3.8, 4) is 0 Å². The van der Waals surface area contributed by atoms with Crippen molar-refractivity contribution >= 4 is 6.03 Å². The van der Waals surface area contributed by atoms with E-state index >= 15 is 0 Å². The highest BCUT2D eigenvalue weighted by Gasteiger charge is 2.02. The number of nitrogens with two attached hydrogens (primary N) is 1. The van der Waals surface area contributed by atoms with E-state index in [1.165, 1.54) is 0 Å². The van der Waals surface area contributed by atoms with E-state index in [1.54, 1.807) is 0 Å². The van der Waals surface area contributed by atoms with Gasteiger partial charge in [0.15, 0.2) is 0 Å². The zero-order valence-corrected chi connectivity index (χ0v) is 9.57. The van der Waals surface area contributed by atoms with Crippen LogP contribution in [0.2, 0.25) is 0 Å². The van der Waals surface area contributed by atoms with Gasteiger partial charge in [0.25, 0.3) is 0 Å². The average Bonchev–Trinajstić information content (AvgIpc) is 2.34. The fourth-order valence-corrected chi connectivity index (χ4v) is 1.21. The summed E-state index contributed by atoms with van der Waals surface area (Å²) < 4.78 is 0. The predicted octanol–water partition coefficient (Wildman–Crippen LogP) is 1.22. The molecule has 4 nitrogen and oxygen atoms in total. The van der Waals surface area contributed by atoms with Crippen molar-refractivity contribution in [2.24, 2.45) is 5.73 Å². The van der Waals surface area contributed by atoms with Crippen molar-refractivity contribution in [2.45, 2.75) is 25.9 Å². The third-order valence-corrected chi connectivity index (χ3v) is 2.35. The summed E-state index contributed by atoms with van der Waals surface area (Å²) in [5, 5.41) is 5.50. The number of hydrogen-bond acceptors (Lipinski definition) is 2. The molecule has 0 radical (unpaired) electrons. The molecule has 0 aromatic heterocycles. The highest BCUT2D eigenvalue weighted by molar-refractivity contribution is 5.73. The van der Waals surface area contributed by atoms with Crippen LogP contribution in [0.1, 0.15) is 18.9 Å². The first-order chi connectivity index (χ1) is 7.72. The molecule has 88 valence electrons. The van der Waals surface area contributed by atoms with E-state index in [0.29, 0.717) is 13.1 Å². The number of carbonyl (C=O) groups is 1. The third kappa shape index (κ3) is 4.79. The van der Waals surface area contributed by atoms with Gasteiger partial charge in [-0.1, -0.05) is 37.3 Å². The Bertz CT molecular complexity index is 313. The summed E-state index contributed by atoms with van der Waals surface area (Å²) in [5.41, 5.74) is 6.77. The summed E-state index contributed by atoms with van der Waals surface area (Å²) in [6.45, 7) is 3.04. The van der Waals surface area contributed by atoms with Gasteiger partial charge >= 0.3 is 6.03 Å². The fraction of sp³-hybridized carbons (Fsp3) is 0.417. The molecule has 1 rings (SSSR count). The number of carbonyl (C=O) groups excluding carboxylic acids is 1. The van der Waals surface area contributed by atoms with Crippen LogP contribution in [-0.2, 0) is 6.54 Å². The Morgan fingerprint density at radius 2 is 2.00 bits per heavy atom. The van der Waals surface area contributed by atoms with E-state index in [2.05, 4.69) is 10.6 Å². The van der Waals surface area contributed by atoms with Crippen molar-refractivity contribution in [3.05, 3.63) is 35.9 Å². The first kappa shape index (κ1) is 12.5. The Kier molecular flexibility index (Phi) is 5.36. The Morgan fingerprint density at radius 1 is 1.31 bits per heavy atom. The molecule has 16 heavy (non-hydrogen) atoms. The van der Waals surface area contributed by atoms with Gasteiger partial charge in [-0.15, -0.1) is 0 Å². The summed E-state index contributed by atoms with van der Waals surface area (Å²) in [5.74, 6) is 0. The SMILES string of the molecule is CCC(N)CNC(=O)NCc1ccccc1. The summed E-state index contributed by atoms with van der Waals surface area (Å²) in [4.78, 5) is 11.4. The number of amides is 2. The van der Waals surface area contributed by atoms with Crippen LogP contribution in [0.3, 0.4) is 0 Å². The molecular weight excluding hydrogens is 202 g/mol. The zero-order chi connectivity index (χ0) is 11.8. The van der Waals surface area contributed by atoms with E-state index in [-0.39, 0.29) is 12.1 Å². The minimum absolute atomic E-state index is 0.0301. The molecule has 0 saturated heterocycles. The molecular formula is C12H19N3O. The molecule has 1 atom stereocenters. The molecule has 0 fully saturated rings. The van der Waals surface area contributed by atoms with Crippen molar-refractivity contribution in [3.63, 3.8) is 0 Å². The molecule has 0 saturated carbocycles. The standard InChI is InChI=1S/C12H19N3O/c1-2-11(13)9-15-12(16)14-8-10-6-4-3-5-7-10/h3-7,11H,2,8-9,13H2,1H3,(H2,14,15,16). The molecule has 0 bridgehead atoms. The molecule has 1 aromatic rings. The number of rotatable bonds is 5. The smallest absolute Gasteiger partial charge is 0.315 e. The highest BCUT2D eigenvalue weighted by atomic mass is 16.2. The van der Waals surface area contributed by atoms with E-state index < -0.39 is 0 Å².